The summed E-state index contributed by atoms with van der Waals surface area (Å²) in [5, 5.41) is 0. The lowest BCUT2D eigenvalue weighted by molar-refractivity contribution is -0.125. The third-order valence-electron chi connectivity index (χ3n) is 2.12. The van der Waals surface area contributed by atoms with Gasteiger partial charge in [-0.3, -0.25) is 4.79 Å². The van der Waals surface area contributed by atoms with Crippen LogP contribution in [-0.4, -0.2) is 11.9 Å². The number of rotatable bonds is 1. The lowest BCUT2D eigenvalue weighted by atomic mass is 9.79. The minimum atomic E-state index is -1.10. The van der Waals surface area contributed by atoms with Crippen molar-refractivity contribution in [2.75, 3.05) is 0 Å². The van der Waals surface area contributed by atoms with Gasteiger partial charge in [0, 0.05) is 6.04 Å². The summed E-state index contributed by atoms with van der Waals surface area (Å²) >= 11 is 0. The standard InChI is InChI=1S/C8H11FN2O/c1-8(7(11)12)4-5(9)2-3-6(8)10/h2-4,6H,10H2,1H3,(H2,11,12). The zero-order chi connectivity index (χ0) is 9.35. The van der Waals surface area contributed by atoms with Gasteiger partial charge in [0.05, 0.1) is 5.41 Å². The van der Waals surface area contributed by atoms with Gasteiger partial charge < -0.3 is 11.5 Å². The Bertz CT molecular complexity index is 272. The van der Waals surface area contributed by atoms with Gasteiger partial charge in [-0.15, -0.1) is 0 Å². The molecule has 12 heavy (non-hydrogen) atoms. The molecule has 0 radical (unpaired) electrons. The van der Waals surface area contributed by atoms with Crippen molar-refractivity contribution < 1.29 is 9.18 Å². The zero-order valence-corrected chi connectivity index (χ0v) is 6.75. The Kier molecular flexibility index (Phi) is 2.02. The maximum absolute atomic E-state index is 12.7. The minimum absolute atomic E-state index is 0.474. The van der Waals surface area contributed by atoms with Crippen LogP contribution in [0.4, 0.5) is 4.39 Å². The molecule has 1 rings (SSSR count). The van der Waals surface area contributed by atoms with Crippen molar-refractivity contribution >= 4 is 5.91 Å². The number of nitrogens with two attached hydrogens (primary N) is 2. The Balaban J connectivity index is 3.05. The van der Waals surface area contributed by atoms with Gasteiger partial charge in [0.1, 0.15) is 5.83 Å². The maximum atomic E-state index is 12.7. The molecule has 2 unspecified atom stereocenters. The average Bonchev–Trinajstić information content (AvgIpc) is 1.97. The first-order chi connectivity index (χ1) is 5.47. The first kappa shape index (κ1) is 8.93. The summed E-state index contributed by atoms with van der Waals surface area (Å²) in [7, 11) is 0. The fraction of sp³-hybridized carbons (Fsp3) is 0.375. The van der Waals surface area contributed by atoms with Gasteiger partial charge in [-0.25, -0.2) is 4.39 Å². The molecule has 4 heteroatoms. The van der Waals surface area contributed by atoms with Crippen LogP contribution in [0.15, 0.2) is 24.1 Å². The van der Waals surface area contributed by atoms with Crippen molar-refractivity contribution in [1.82, 2.24) is 0 Å². The molecular formula is C8H11FN2O. The topological polar surface area (TPSA) is 69.1 Å². The van der Waals surface area contributed by atoms with Crippen molar-refractivity contribution in [2.45, 2.75) is 13.0 Å². The number of primary amides is 1. The summed E-state index contributed by atoms with van der Waals surface area (Å²) in [6, 6.07) is -0.547. The van der Waals surface area contributed by atoms with Gasteiger partial charge in [-0.2, -0.15) is 0 Å². The monoisotopic (exact) mass is 170 g/mol. The van der Waals surface area contributed by atoms with Gasteiger partial charge in [0.25, 0.3) is 0 Å². The lowest BCUT2D eigenvalue weighted by Crippen LogP contribution is -2.47. The molecule has 0 aromatic carbocycles. The molecule has 0 aromatic rings. The summed E-state index contributed by atoms with van der Waals surface area (Å²) in [5.74, 6) is -1.09. The second kappa shape index (κ2) is 2.71. The summed E-state index contributed by atoms with van der Waals surface area (Å²) in [4.78, 5) is 10.9. The number of hydrogen-bond acceptors (Lipinski definition) is 2. The molecule has 0 aliphatic heterocycles. The molecule has 0 fully saturated rings. The molecule has 0 bridgehead atoms. The number of carbonyl (C=O) groups excluding carboxylic acids is 1. The first-order valence-corrected chi connectivity index (χ1v) is 3.59. The van der Waals surface area contributed by atoms with Gasteiger partial charge in [-0.05, 0) is 19.1 Å². The fourth-order valence-corrected chi connectivity index (χ4v) is 1.06. The smallest absolute Gasteiger partial charge is 0.229 e. The molecule has 3 nitrogen and oxygen atoms in total. The molecule has 0 heterocycles. The Labute approximate surface area is 69.9 Å². The van der Waals surface area contributed by atoms with E-state index in [0.29, 0.717) is 0 Å². The van der Waals surface area contributed by atoms with E-state index in [2.05, 4.69) is 0 Å². The number of carbonyl (C=O) groups is 1. The largest absolute Gasteiger partial charge is 0.369 e. The van der Waals surface area contributed by atoms with Gasteiger partial charge in [0.15, 0.2) is 0 Å². The van der Waals surface area contributed by atoms with Crippen LogP contribution in [0.2, 0.25) is 0 Å². The van der Waals surface area contributed by atoms with E-state index in [1.165, 1.54) is 19.1 Å². The summed E-state index contributed by atoms with van der Waals surface area (Å²) in [5.41, 5.74) is 9.57. The van der Waals surface area contributed by atoms with E-state index in [4.69, 9.17) is 11.5 Å². The second-order valence-corrected chi connectivity index (χ2v) is 3.06. The van der Waals surface area contributed by atoms with Crippen LogP contribution in [0.1, 0.15) is 6.92 Å². The van der Waals surface area contributed by atoms with Crippen molar-refractivity contribution in [2.24, 2.45) is 16.9 Å². The molecule has 0 spiro atoms. The number of hydrogen-bond donors (Lipinski definition) is 2. The quantitative estimate of drug-likeness (QED) is 0.591. The number of halogens is 1. The molecule has 1 amide bonds. The molecule has 1 aliphatic rings. The van der Waals surface area contributed by atoms with Crippen LogP contribution in [0, 0.1) is 5.41 Å². The minimum Gasteiger partial charge on any atom is -0.369 e. The molecule has 0 aromatic heterocycles. The molecule has 0 saturated carbocycles. The molecule has 1 aliphatic carbocycles. The van der Waals surface area contributed by atoms with E-state index in [1.807, 2.05) is 0 Å². The Morgan fingerprint density at radius 2 is 2.33 bits per heavy atom. The average molecular weight is 170 g/mol. The van der Waals surface area contributed by atoms with Crippen LogP contribution in [0.25, 0.3) is 0 Å². The van der Waals surface area contributed by atoms with Crippen molar-refractivity contribution in [3.05, 3.63) is 24.1 Å². The molecule has 2 atom stereocenters. The van der Waals surface area contributed by atoms with Gasteiger partial charge in [0.2, 0.25) is 5.91 Å². The van der Waals surface area contributed by atoms with Crippen molar-refractivity contribution in [3.8, 4) is 0 Å². The lowest BCUT2D eigenvalue weighted by Gasteiger charge is -2.29. The maximum Gasteiger partial charge on any atom is 0.229 e. The van der Waals surface area contributed by atoms with E-state index in [0.717, 1.165) is 6.08 Å². The van der Waals surface area contributed by atoms with Crippen LogP contribution in [0.3, 0.4) is 0 Å². The van der Waals surface area contributed by atoms with Crippen LogP contribution in [-0.2, 0) is 4.79 Å². The summed E-state index contributed by atoms with van der Waals surface area (Å²) in [6.07, 6.45) is 3.81. The third-order valence-corrected chi connectivity index (χ3v) is 2.12. The summed E-state index contributed by atoms with van der Waals surface area (Å²) in [6.45, 7) is 1.52. The molecular weight excluding hydrogens is 159 g/mol. The highest BCUT2D eigenvalue weighted by Gasteiger charge is 2.36. The SMILES string of the molecule is CC1(C(N)=O)C=C(F)C=CC1N. The highest BCUT2D eigenvalue weighted by molar-refractivity contribution is 5.84. The van der Waals surface area contributed by atoms with E-state index in [9.17, 15) is 9.18 Å². The van der Waals surface area contributed by atoms with Crippen LogP contribution >= 0.6 is 0 Å². The van der Waals surface area contributed by atoms with E-state index in [-0.39, 0.29) is 0 Å². The van der Waals surface area contributed by atoms with Crippen molar-refractivity contribution in [3.63, 3.8) is 0 Å². The predicted molar refractivity (Wildman–Crippen MR) is 43.6 cm³/mol. The van der Waals surface area contributed by atoms with E-state index in [1.54, 1.807) is 0 Å². The van der Waals surface area contributed by atoms with E-state index < -0.39 is 23.2 Å². The van der Waals surface area contributed by atoms with Crippen molar-refractivity contribution in [1.29, 1.82) is 0 Å². The molecule has 66 valence electrons. The Morgan fingerprint density at radius 3 is 2.75 bits per heavy atom. The van der Waals surface area contributed by atoms with Gasteiger partial charge >= 0.3 is 0 Å². The number of amides is 1. The normalized spacial score (nSPS) is 34.6. The van der Waals surface area contributed by atoms with Crippen LogP contribution < -0.4 is 11.5 Å². The first-order valence-electron chi connectivity index (χ1n) is 3.59. The summed E-state index contributed by atoms with van der Waals surface area (Å²) < 4.78 is 12.7. The predicted octanol–water partition coefficient (Wildman–Crippen LogP) is 0.229. The zero-order valence-electron chi connectivity index (χ0n) is 6.75. The second-order valence-electron chi connectivity index (χ2n) is 3.06. The van der Waals surface area contributed by atoms with Crippen LogP contribution in [0.5, 0.6) is 0 Å². The van der Waals surface area contributed by atoms with E-state index >= 15 is 0 Å². The highest BCUT2D eigenvalue weighted by atomic mass is 19.1. The molecule has 0 saturated heterocycles. The molecule has 4 N–H and O–H groups in total. The fourth-order valence-electron chi connectivity index (χ4n) is 1.06. The van der Waals surface area contributed by atoms with Gasteiger partial charge in [-0.1, -0.05) is 6.08 Å². The highest BCUT2D eigenvalue weighted by Crippen LogP contribution is 2.28. The Hall–Kier alpha value is -1.16. The third kappa shape index (κ3) is 1.25. The number of allylic oxidation sites excluding steroid dienone is 2. The Morgan fingerprint density at radius 1 is 1.75 bits per heavy atom.